The van der Waals surface area contributed by atoms with E-state index in [1.165, 1.54) is 0 Å². The van der Waals surface area contributed by atoms with Crippen LogP contribution in [0.3, 0.4) is 0 Å². The summed E-state index contributed by atoms with van der Waals surface area (Å²) in [6.45, 7) is 1.77. The second kappa shape index (κ2) is 4.42. The monoisotopic (exact) mass is 195 g/mol. The molecule has 1 rings (SSSR count). The lowest BCUT2D eigenvalue weighted by Gasteiger charge is -2.09. The second-order valence-electron chi connectivity index (χ2n) is 2.62. The van der Waals surface area contributed by atoms with Crippen molar-refractivity contribution in [2.24, 2.45) is 0 Å². The van der Waals surface area contributed by atoms with E-state index in [9.17, 15) is 14.4 Å². The molecule has 2 amide bonds. The van der Waals surface area contributed by atoms with Crippen molar-refractivity contribution in [1.82, 2.24) is 5.06 Å². The van der Waals surface area contributed by atoms with Gasteiger partial charge in [0.25, 0.3) is 11.8 Å². The zero-order chi connectivity index (χ0) is 10.6. The zero-order valence-corrected chi connectivity index (χ0v) is 7.70. The first kappa shape index (κ1) is 10.3. The van der Waals surface area contributed by atoms with Crippen LogP contribution in [0.15, 0.2) is 0 Å². The van der Waals surface area contributed by atoms with E-state index in [0.717, 1.165) is 0 Å². The molecule has 5 nitrogen and oxygen atoms in total. The highest BCUT2D eigenvalue weighted by Crippen LogP contribution is 2.11. The van der Waals surface area contributed by atoms with Gasteiger partial charge < -0.3 is 4.84 Å². The van der Waals surface area contributed by atoms with Crippen molar-refractivity contribution in [3.05, 3.63) is 0 Å². The molecular weight excluding hydrogens is 186 g/mol. The van der Waals surface area contributed by atoms with Gasteiger partial charge in [-0.3, -0.25) is 9.59 Å². The molecule has 0 atom stereocenters. The first-order valence-corrected chi connectivity index (χ1v) is 4.21. The van der Waals surface area contributed by atoms with Gasteiger partial charge in [0.15, 0.2) is 0 Å². The molecule has 0 unspecified atom stereocenters. The summed E-state index contributed by atoms with van der Waals surface area (Å²) >= 11 is 0. The Labute approximate surface area is 81.0 Å². The topological polar surface area (TPSA) is 63.7 Å². The van der Waals surface area contributed by atoms with Crippen LogP contribution >= 0.6 is 0 Å². The van der Waals surface area contributed by atoms with Crippen LogP contribution in [0.1, 0.15) is 26.2 Å². The molecule has 0 aromatic carbocycles. The van der Waals surface area contributed by atoms with E-state index in [1.54, 1.807) is 6.92 Å². The first-order valence-electron chi connectivity index (χ1n) is 4.21. The quantitative estimate of drug-likeness (QED) is 0.436. The van der Waals surface area contributed by atoms with Crippen LogP contribution in [0.4, 0.5) is 0 Å². The zero-order valence-electron chi connectivity index (χ0n) is 7.70. The Morgan fingerprint density at radius 1 is 1.43 bits per heavy atom. The standard InChI is InChI=1S/C9H9NO4/c1-2-3-4-9(13)14-10-7(11)5-6-8(10)12/h2,5-6H2,1H3. The van der Waals surface area contributed by atoms with E-state index in [-0.39, 0.29) is 12.8 Å². The van der Waals surface area contributed by atoms with Crippen molar-refractivity contribution >= 4 is 17.8 Å². The Morgan fingerprint density at radius 2 is 2.00 bits per heavy atom. The lowest BCUT2D eigenvalue weighted by atomic mass is 10.4. The minimum atomic E-state index is -0.879. The summed E-state index contributed by atoms with van der Waals surface area (Å²) in [5.41, 5.74) is 0. The number of hydroxylamine groups is 2. The average Bonchev–Trinajstić information content (AvgIpc) is 2.46. The molecule has 1 heterocycles. The van der Waals surface area contributed by atoms with Crippen LogP contribution in [0, 0.1) is 11.8 Å². The third kappa shape index (κ3) is 2.33. The maximum absolute atomic E-state index is 11.0. The lowest BCUT2D eigenvalue weighted by molar-refractivity contribution is -0.193. The molecule has 0 N–H and O–H groups in total. The Bertz CT molecular complexity index is 320. The van der Waals surface area contributed by atoms with Crippen LogP contribution < -0.4 is 0 Å². The minimum absolute atomic E-state index is 0.0906. The van der Waals surface area contributed by atoms with Crippen LogP contribution in [0.25, 0.3) is 0 Å². The predicted molar refractivity (Wildman–Crippen MR) is 45.2 cm³/mol. The van der Waals surface area contributed by atoms with Crippen LogP contribution in [0.5, 0.6) is 0 Å². The highest BCUT2D eigenvalue weighted by Gasteiger charge is 2.32. The van der Waals surface area contributed by atoms with Crippen molar-refractivity contribution in [3.63, 3.8) is 0 Å². The number of carbonyl (C=O) groups excluding carboxylic acids is 3. The average molecular weight is 195 g/mol. The summed E-state index contributed by atoms with van der Waals surface area (Å²) < 4.78 is 0. The van der Waals surface area contributed by atoms with E-state index in [1.807, 2.05) is 0 Å². The molecular formula is C9H9NO4. The van der Waals surface area contributed by atoms with Gasteiger partial charge in [0.05, 0.1) is 0 Å². The van der Waals surface area contributed by atoms with Crippen LogP contribution in [-0.2, 0) is 19.2 Å². The fraction of sp³-hybridized carbons (Fsp3) is 0.444. The van der Waals surface area contributed by atoms with Gasteiger partial charge in [0.2, 0.25) is 0 Å². The molecule has 0 bridgehead atoms. The fourth-order valence-corrected chi connectivity index (χ4v) is 0.924. The van der Waals surface area contributed by atoms with Crippen molar-refractivity contribution in [2.45, 2.75) is 26.2 Å². The largest absolute Gasteiger partial charge is 0.409 e. The van der Waals surface area contributed by atoms with E-state index in [0.29, 0.717) is 11.5 Å². The van der Waals surface area contributed by atoms with E-state index in [2.05, 4.69) is 16.7 Å². The van der Waals surface area contributed by atoms with Gasteiger partial charge in [-0.1, -0.05) is 12.8 Å². The molecule has 0 aromatic heterocycles. The van der Waals surface area contributed by atoms with Crippen molar-refractivity contribution < 1.29 is 19.2 Å². The molecule has 0 spiro atoms. The fourth-order valence-electron chi connectivity index (χ4n) is 0.924. The molecule has 0 aromatic rings. The summed E-state index contributed by atoms with van der Waals surface area (Å²) in [7, 11) is 0. The Kier molecular flexibility index (Phi) is 3.24. The number of nitrogens with zero attached hydrogens (tertiary/aromatic N) is 1. The third-order valence-corrected chi connectivity index (χ3v) is 1.55. The van der Waals surface area contributed by atoms with E-state index < -0.39 is 17.8 Å². The molecule has 1 aliphatic heterocycles. The van der Waals surface area contributed by atoms with Crippen LogP contribution in [-0.4, -0.2) is 22.8 Å². The molecule has 1 aliphatic rings. The molecule has 5 heteroatoms. The lowest BCUT2D eigenvalue weighted by Crippen LogP contribution is -2.31. The Balaban J connectivity index is 2.55. The molecule has 0 aliphatic carbocycles. The first-order chi connectivity index (χ1) is 6.65. The van der Waals surface area contributed by atoms with Crippen molar-refractivity contribution in [2.75, 3.05) is 0 Å². The highest BCUT2D eigenvalue weighted by molar-refractivity contribution is 6.02. The third-order valence-electron chi connectivity index (χ3n) is 1.55. The predicted octanol–water partition coefficient (Wildman–Crippen LogP) is 0.00700. The Hall–Kier alpha value is -1.83. The smallest absolute Gasteiger partial charge is 0.318 e. The van der Waals surface area contributed by atoms with Crippen LogP contribution in [0.2, 0.25) is 0 Å². The number of carbonyl (C=O) groups is 3. The number of rotatable bonds is 1. The summed E-state index contributed by atoms with van der Waals surface area (Å²) in [5.74, 6) is 2.74. The summed E-state index contributed by atoms with van der Waals surface area (Å²) in [6.07, 6.45) is 0.692. The van der Waals surface area contributed by atoms with Gasteiger partial charge in [-0.15, -0.1) is 5.06 Å². The maximum atomic E-state index is 11.0. The molecule has 74 valence electrons. The minimum Gasteiger partial charge on any atom is -0.318 e. The van der Waals surface area contributed by atoms with Gasteiger partial charge in [0.1, 0.15) is 0 Å². The maximum Gasteiger partial charge on any atom is 0.409 e. The SMILES string of the molecule is CCC#CC(=O)ON1C(=O)CCC1=O. The molecule has 1 fully saturated rings. The highest BCUT2D eigenvalue weighted by atomic mass is 16.7. The second-order valence-corrected chi connectivity index (χ2v) is 2.62. The van der Waals surface area contributed by atoms with E-state index >= 15 is 0 Å². The van der Waals surface area contributed by atoms with Gasteiger partial charge in [0, 0.05) is 25.2 Å². The summed E-state index contributed by atoms with van der Waals surface area (Å²) in [6, 6.07) is 0. The number of imide groups is 1. The van der Waals surface area contributed by atoms with Crippen molar-refractivity contribution in [1.29, 1.82) is 0 Å². The number of amides is 2. The summed E-state index contributed by atoms with van der Waals surface area (Å²) in [4.78, 5) is 37.3. The van der Waals surface area contributed by atoms with Gasteiger partial charge in [-0.05, 0) is 0 Å². The summed E-state index contributed by atoms with van der Waals surface area (Å²) in [5, 5.41) is 0.479. The molecule has 1 saturated heterocycles. The van der Waals surface area contributed by atoms with Gasteiger partial charge in [-0.2, -0.15) is 0 Å². The number of hydrogen-bond acceptors (Lipinski definition) is 4. The Morgan fingerprint density at radius 3 is 2.50 bits per heavy atom. The molecule has 14 heavy (non-hydrogen) atoms. The van der Waals surface area contributed by atoms with E-state index in [4.69, 9.17) is 0 Å². The van der Waals surface area contributed by atoms with Gasteiger partial charge >= 0.3 is 5.97 Å². The normalized spacial score (nSPS) is 15.1. The van der Waals surface area contributed by atoms with Crippen molar-refractivity contribution in [3.8, 4) is 11.8 Å². The number of hydrogen-bond donors (Lipinski definition) is 0. The molecule has 0 saturated carbocycles. The molecule has 0 radical (unpaired) electrons. The van der Waals surface area contributed by atoms with Gasteiger partial charge in [-0.25, -0.2) is 4.79 Å².